The zero-order chi connectivity index (χ0) is 9.94. The first-order chi connectivity index (χ1) is 5.30. The summed E-state index contributed by atoms with van der Waals surface area (Å²) in [5, 5.41) is 42.5. The second-order valence-corrected chi connectivity index (χ2v) is 2.51. The van der Waals surface area contributed by atoms with E-state index < -0.39 is 30.4 Å². The van der Waals surface area contributed by atoms with Crippen molar-refractivity contribution in [3.05, 3.63) is 0 Å². The van der Waals surface area contributed by atoms with E-state index in [4.69, 9.17) is 25.5 Å². The van der Waals surface area contributed by atoms with Gasteiger partial charge in [0.25, 0.3) is 5.97 Å². The Labute approximate surface area is 68.7 Å². The number of aliphatic hydroxyl groups is 5. The highest BCUT2D eigenvalue weighted by Gasteiger charge is 2.36. The maximum Gasteiger partial charge on any atom is 0.285 e. The van der Waals surface area contributed by atoms with Gasteiger partial charge in [0.1, 0.15) is 6.10 Å². The van der Waals surface area contributed by atoms with E-state index in [-0.39, 0.29) is 0 Å². The van der Waals surface area contributed by atoms with Gasteiger partial charge in [-0.1, -0.05) is 0 Å². The molecule has 0 fully saturated rings. The molecule has 2 atom stereocenters. The van der Waals surface area contributed by atoms with Crippen LogP contribution in [0.3, 0.4) is 0 Å². The minimum absolute atomic E-state index is 0.820. The topological polar surface area (TPSA) is 118 Å². The first kappa shape index (κ1) is 11.5. The molecule has 0 saturated heterocycles. The van der Waals surface area contributed by atoms with Crippen molar-refractivity contribution in [1.82, 2.24) is 0 Å². The third kappa shape index (κ3) is 2.84. The SMILES string of the molecule is CC(C(=O)C(O)CO)C(O)(O)O. The monoisotopic (exact) mass is 180 g/mol. The van der Waals surface area contributed by atoms with Crippen LogP contribution in [0.25, 0.3) is 0 Å². The summed E-state index contributed by atoms with van der Waals surface area (Å²) in [4.78, 5) is 10.8. The first-order valence-corrected chi connectivity index (χ1v) is 3.30. The summed E-state index contributed by atoms with van der Waals surface area (Å²) in [6.07, 6.45) is -1.70. The molecule has 2 unspecified atom stereocenters. The van der Waals surface area contributed by atoms with E-state index in [1.807, 2.05) is 0 Å². The predicted molar refractivity (Wildman–Crippen MR) is 36.7 cm³/mol. The van der Waals surface area contributed by atoms with Crippen molar-refractivity contribution in [1.29, 1.82) is 0 Å². The van der Waals surface area contributed by atoms with Gasteiger partial charge < -0.3 is 25.5 Å². The number of Topliss-reactive ketones (excluding diaryl/α,β-unsaturated/α-hetero) is 1. The number of rotatable bonds is 4. The average molecular weight is 180 g/mol. The molecule has 0 rings (SSSR count). The smallest absolute Gasteiger partial charge is 0.285 e. The predicted octanol–water partition coefficient (Wildman–Crippen LogP) is -2.82. The molecular formula is C6H12O6. The van der Waals surface area contributed by atoms with Crippen LogP contribution in [0.1, 0.15) is 6.92 Å². The quantitative estimate of drug-likeness (QED) is 0.298. The molecule has 0 aliphatic heterocycles. The number of aliphatic hydroxyl groups excluding tert-OH is 2. The Kier molecular flexibility index (Phi) is 3.75. The van der Waals surface area contributed by atoms with E-state index in [1.54, 1.807) is 0 Å². The van der Waals surface area contributed by atoms with Gasteiger partial charge in [0.15, 0.2) is 5.78 Å². The van der Waals surface area contributed by atoms with Gasteiger partial charge >= 0.3 is 0 Å². The number of hydrogen-bond acceptors (Lipinski definition) is 6. The third-order valence-electron chi connectivity index (χ3n) is 1.51. The highest BCUT2D eigenvalue weighted by molar-refractivity contribution is 5.85. The summed E-state index contributed by atoms with van der Waals surface area (Å²) in [6, 6.07) is 0. The van der Waals surface area contributed by atoms with E-state index >= 15 is 0 Å². The van der Waals surface area contributed by atoms with Gasteiger partial charge in [0.2, 0.25) is 0 Å². The maximum atomic E-state index is 10.8. The lowest BCUT2D eigenvalue weighted by Crippen LogP contribution is -2.45. The molecule has 0 spiro atoms. The molecule has 6 heteroatoms. The van der Waals surface area contributed by atoms with Crippen LogP contribution in [-0.2, 0) is 4.79 Å². The molecule has 0 heterocycles. The highest BCUT2D eigenvalue weighted by atomic mass is 16.7. The number of hydrogen-bond donors (Lipinski definition) is 5. The number of carbonyl (C=O) groups excluding carboxylic acids is 1. The van der Waals surface area contributed by atoms with Crippen molar-refractivity contribution in [3.8, 4) is 0 Å². The average Bonchev–Trinajstić information content (AvgIpc) is 1.98. The lowest BCUT2D eigenvalue weighted by molar-refractivity contribution is -0.332. The summed E-state index contributed by atoms with van der Waals surface area (Å²) < 4.78 is 0. The summed E-state index contributed by atoms with van der Waals surface area (Å²) in [5.74, 6) is -5.77. The van der Waals surface area contributed by atoms with Gasteiger partial charge in [-0.3, -0.25) is 4.79 Å². The van der Waals surface area contributed by atoms with Crippen molar-refractivity contribution in [3.63, 3.8) is 0 Å². The van der Waals surface area contributed by atoms with E-state index in [0.29, 0.717) is 0 Å². The van der Waals surface area contributed by atoms with Gasteiger partial charge in [0.05, 0.1) is 12.5 Å². The van der Waals surface area contributed by atoms with Gasteiger partial charge in [0, 0.05) is 0 Å². The fourth-order valence-corrected chi connectivity index (χ4v) is 0.569. The molecule has 0 saturated carbocycles. The van der Waals surface area contributed by atoms with Crippen LogP contribution in [0.5, 0.6) is 0 Å². The summed E-state index contributed by atoms with van der Waals surface area (Å²) in [6.45, 7) is 0.195. The molecule has 0 radical (unpaired) electrons. The van der Waals surface area contributed by atoms with Crippen molar-refractivity contribution < 1.29 is 30.3 Å². The van der Waals surface area contributed by atoms with Gasteiger partial charge in [-0.05, 0) is 6.92 Å². The molecule has 72 valence electrons. The van der Waals surface area contributed by atoms with Crippen molar-refractivity contribution >= 4 is 5.78 Å². The Morgan fingerprint density at radius 2 is 1.83 bits per heavy atom. The zero-order valence-corrected chi connectivity index (χ0v) is 6.51. The molecule has 0 aromatic rings. The second-order valence-electron chi connectivity index (χ2n) is 2.51. The van der Waals surface area contributed by atoms with Crippen LogP contribution < -0.4 is 0 Å². The van der Waals surface area contributed by atoms with Crippen LogP contribution in [0.2, 0.25) is 0 Å². The Morgan fingerprint density at radius 3 is 2.08 bits per heavy atom. The lowest BCUT2D eigenvalue weighted by Gasteiger charge is -2.22. The molecule has 0 aliphatic rings. The Hall–Kier alpha value is -0.530. The van der Waals surface area contributed by atoms with Crippen LogP contribution in [0.15, 0.2) is 0 Å². The summed E-state index contributed by atoms with van der Waals surface area (Å²) in [5.41, 5.74) is 0. The van der Waals surface area contributed by atoms with Crippen molar-refractivity contribution in [2.75, 3.05) is 6.61 Å². The Balaban J connectivity index is 4.30. The van der Waals surface area contributed by atoms with Crippen molar-refractivity contribution in [2.24, 2.45) is 5.92 Å². The van der Waals surface area contributed by atoms with Crippen LogP contribution in [0, 0.1) is 5.92 Å². The van der Waals surface area contributed by atoms with E-state index in [1.165, 1.54) is 0 Å². The zero-order valence-electron chi connectivity index (χ0n) is 6.51. The molecule has 6 nitrogen and oxygen atoms in total. The highest BCUT2D eigenvalue weighted by Crippen LogP contribution is 2.13. The minimum atomic E-state index is -3.16. The summed E-state index contributed by atoms with van der Waals surface area (Å²) in [7, 11) is 0. The summed E-state index contributed by atoms with van der Waals surface area (Å²) >= 11 is 0. The molecular weight excluding hydrogens is 168 g/mol. The third-order valence-corrected chi connectivity index (χ3v) is 1.51. The maximum absolute atomic E-state index is 10.8. The molecule has 0 aromatic heterocycles. The standard InChI is InChI=1S/C6H12O6/c1-3(6(10,11)12)5(9)4(8)2-7/h3-4,7-8,10-12H,2H2,1H3. The molecule has 0 bridgehead atoms. The number of ketones is 1. The minimum Gasteiger partial charge on any atom is -0.393 e. The molecule has 0 aromatic carbocycles. The van der Waals surface area contributed by atoms with Gasteiger partial charge in [-0.25, -0.2) is 0 Å². The van der Waals surface area contributed by atoms with Gasteiger partial charge in [-0.2, -0.15) is 0 Å². The van der Waals surface area contributed by atoms with Crippen LogP contribution in [0.4, 0.5) is 0 Å². The normalized spacial score (nSPS) is 17.2. The first-order valence-electron chi connectivity index (χ1n) is 3.30. The van der Waals surface area contributed by atoms with E-state index in [9.17, 15) is 4.79 Å². The van der Waals surface area contributed by atoms with Crippen molar-refractivity contribution in [2.45, 2.75) is 19.0 Å². The fourth-order valence-electron chi connectivity index (χ4n) is 0.569. The lowest BCUT2D eigenvalue weighted by atomic mass is 10.00. The molecule has 12 heavy (non-hydrogen) atoms. The van der Waals surface area contributed by atoms with E-state index in [0.717, 1.165) is 6.92 Å². The van der Waals surface area contributed by atoms with Gasteiger partial charge in [-0.15, -0.1) is 0 Å². The number of carbonyl (C=O) groups is 1. The Morgan fingerprint density at radius 1 is 1.42 bits per heavy atom. The van der Waals surface area contributed by atoms with Crippen LogP contribution in [-0.4, -0.2) is 50.0 Å². The Bertz CT molecular complexity index is 160. The molecule has 0 amide bonds. The van der Waals surface area contributed by atoms with Crippen LogP contribution >= 0.6 is 0 Å². The van der Waals surface area contributed by atoms with E-state index in [2.05, 4.69) is 0 Å². The largest absolute Gasteiger partial charge is 0.393 e. The fraction of sp³-hybridized carbons (Fsp3) is 0.833. The molecule has 5 N–H and O–H groups in total. The second kappa shape index (κ2) is 3.92. The molecule has 0 aliphatic carbocycles.